The average molecular weight is 319 g/mol. The van der Waals surface area contributed by atoms with Gasteiger partial charge in [0.25, 0.3) is 0 Å². The number of piperidine rings is 1. The number of likely N-dealkylation sites (N-methyl/N-ethyl adjacent to an activating group) is 1. The van der Waals surface area contributed by atoms with Crippen LogP contribution in [0.2, 0.25) is 0 Å². The molecule has 7 heteroatoms. The average Bonchev–Trinajstić information content (AvgIpc) is 3.19. The molecule has 22 heavy (non-hydrogen) atoms. The van der Waals surface area contributed by atoms with E-state index >= 15 is 0 Å². The summed E-state index contributed by atoms with van der Waals surface area (Å²) >= 11 is 1.68. The predicted octanol–water partition coefficient (Wildman–Crippen LogP) is 1.39. The van der Waals surface area contributed by atoms with Crippen molar-refractivity contribution in [3.05, 3.63) is 34.5 Å². The smallest absolute Gasteiger partial charge is 0.249 e. The van der Waals surface area contributed by atoms with E-state index in [1.165, 1.54) is 4.88 Å². The molecule has 0 saturated carbocycles. The van der Waals surface area contributed by atoms with Crippen LogP contribution in [0.3, 0.4) is 0 Å². The van der Waals surface area contributed by atoms with Crippen LogP contribution >= 0.6 is 11.3 Å². The van der Waals surface area contributed by atoms with E-state index in [4.69, 9.17) is 0 Å². The molecule has 2 aromatic rings. The van der Waals surface area contributed by atoms with E-state index in [0.717, 1.165) is 31.6 Å². The number of carbonyl (C=O) groups excluding carboxylic acids is 1. The molecule has 1 saturated heterocycles. The Bertz CT molecular complexity index is 638. The number of carbonyl (C=O) groups is 1. The van der Waals surface area contributed by atoms with E-state index in [1.807, 2.05) is 29.4 Å². The van der Waals surface area contributed by atoms with E-state index in [0.29, 0.717) is 6.54 Å². The molecule has 0 aliphatic carbocycles. The van der Waals surface area contributed by atoms with Crippen LogP contribution in [-0.2, 0) is 16.9 Å². The lowest BCUT2D eigenvalue weighted by molar-refractivity contribution is -0.133. The molecule has 2 aromatic heterocycles. The molecule has 1 atom stereocenters. The first-order valence-electron chi connectivity index (χ1n) is 7.49. The number of amides is 1. The highest BCUT2D eigenvalue weighted by atomic mass is 32.1. The van der Waals surface area contributed by atoms with Gasteiger partial charge < -0.3 is 5.32 Å². The quantitative estimate of drug-likeness (QED) is 0.925. The maximum Gasteiger partial charge on any atom is 0.249 e. The van der Waals surface area contributed by atoms with E-state index in [1.54, 1.807) is 24.6 Å². The highest BCUT2D eigenvalue weighted by molar-refractivity contribution is 7.09. The number of nitrogens with zero attached hydrogens (tertiary/aromatic N) is 4. The summed E-state index contributed by atoms with van der Waals surface area (Å²) in [5.41, 5.74) is 2.35. The molecule has 0 radical (unpaired) electrons. The lowest BCUT2D eigenvalue weighted by Crippen LogP contribution is -2.57. The first-order chi connectivity index (χ1) is 10.7. The largest absolute Gasteiger partial charge is 0.357 e. The summed E-state index contributed by atoms with van der Waals surface area (Å²) in [6.45, 7) is 4.55. The number of rotatable bonds is 4. The van der Waals surface area contributed by atoms with Crippen LogP contribution in [0.15, 0.2) is 24.0 Å². The van der Waals surface area contributed by atoms with Crippen molar-refractivity contribution >= 4 is 17.2 Å². The molecule has 1 amide bonds. The molecule has 3 rings (SSSR count). The van der Waals surface area contributed by atoms with Crippen LogP contribution in [0.5, 0.6) is 0 Å². The summed E-state index contributed by atoms with van der Waals surface area (Å²) in [4.78, 5) is 20.5. The number of aromatic nitrogens is 3. The SMILES string of the molecule is CNC(=O)C1(n2cccn2)CCCN(Cc2scnc2C)C1. The molecule has 1 unspecified atom stereocenters. The minimum Gasteiger partial charge on any atom is -0.357 e. The normalized spacial score (nSPS) is 22.6. The van der Waals surface area contributed by atoms with Gasteiger partial charge >= 0.3 is 0 Å². The second kappa shape index (κ2) is 6.18. The second-order valence-corrected chi connectivity index (χ2v) is 6.68. The highest BCUT2D eigenvalue weighted by Gasteiger charge is 2.44. The number of likely N-dealkylation sites (tertiary alicyclic amines) is 1. The van der Waals surface area contributed by atoms with Crippen LogP contribution in [0, 0.1) is 6.92 Å². The van der Waals surface area contributed by atoms with Crippen molar-refractivity contribution in [1.82, 2.24) is 25.0 Å². The van der Waals surface area contributed by atoms with Crippen molar-refractivity contribution in [3.63, 3.8) is 0 Å². The van der Waals surface area contributed by atoms with Gasteiger partial charge in [-0.05, 0) is 32.4 Å². The molecule has 118 valence electrons. The molecule has 1 aliphatic heterocycles. The standard InChI is InChI=1S/C15H21N5OS/c1-12-13(22-11-17-12)9-19-7-3-5-15(10-19,14(21)16-2)20-8-4-6-18-20/h4,6,8,11H,3,5,7,9-10H2,1-2H3,(H,16,21). The van der Waals surface area contributed by atoms with E-state index in [-0.39, 0.29) is 5.91 Å². The van der Waals surface area contributed by atoms with Gasteiger partial charge in [-0.15, -0.1) is 11.3 Å². The van der Waals surface area contributed by atoms with Crippen LogP contribution in [0.4, 0.5) is 0 Å². The van der Waals surface area contributed by atoms with Crippen molar-refractivity contribution < 1.29 is 4.79 Å². The first kappa shape index (κ1) is 15.2. The Balaban J connectivity index is 1.85. The summed E-state index contributed by atoms with van der Waals surface area (Å²) in [6.07, 6.45) is 5.41. The van der Waals surface area contributed by atoms with Gasteiger partial charge in [0.05, 0.1) is 11.2 Å². The van der Waals surface area contributed by atoms with Gasteiger partial charge in [-0.1, -0.05) is 0 Å². The highest BCUT2D eigenvalue weighted by Crippen LogP contribution is 2.30. The van der Waals surface area contributed by atoms with Gasteiger partial charge in [-0.3, -0.25) is 14.4 Å². The Morgan fingerprint density at radius 3 is 3.05 bits per heavy atom. The molecule has 1 N–H and O–H groups in total. The molecule has 0 spiro atoms. The van der Waals surface area contributed by atoms with Gasteiger partial charge in [-0.25, -0.2) is 4.98 Å². The maximum absolute atomic E-state index is 12.6. The zero-order valence-electron chi connectivity index (χ0n) is 13.0. The van der Waals surface area contributed by atoms with Crippen LogP contribution in [0.25, 0.3) is 0 Å². The number of thiazole rings is 1. The van der Waals surface area contributed by atoms with Crippen LogP contribution in [0.1, 0.15) is 23.4 Å². The van der Waals surface area contributed by atoms with E-state index < -0.39 is 5.54 Å². The fourth-order valence-electron chi connectivity index (χ4n) is 3.17. The van der Waals surface area contributed by atoms with Crippen molar-refractivity contribution in [1.29, 1.82) is 0 Å². The molecule has 1 fully saturated rings. The van der Waals surface area contributed by atoms with Gasteiger partial charge in [0.1, 0.15) is 0 Å². The third kappa shape index (κ3) is 2.66. The first-order valence-corrected chi connectivity index (χ1v) is 8.37. The number of nitrogens with one attached hydrogen (secondary N) is 1. The lowest BCUT2D eigenvalue weighted by atomic mass is 9.88. The Labute approximate surface area is 134 Å². The summed E-state index contributed by atoms with van der Waals surface area (Å²) in [7, 11) is 1.69. The van der Waals surface area contributed by atoms with Gasteiger partial charge in [-0.2, -0.15) is 5.10 Å². The monoisotopic (exact) mass is 319 g/mol. The molecule has 3 heterocycles. The fourth-order valence-corrected chi connectivity index (χ4v) is 3.99. The molecular formula is C15H21N5OS. The summed E-state index contributed by atoms with van der Waals surface area (Å²) in [5, 5.41) is 7.17. The predicted molar refractivity (Wildman–Crippen MR) is 85.6 cm³/mol. The summed E-state index contributed by atoms with van der Waals surface area (Å²) < 4.78 is 1.82. The topological polar surface area (TPSA) is 63.1 Å². The lowest BCUT2D eigenvalue weighted by Gasteiger charge is -2.41. The van der Waals surface area contributed by atoms with Gasteiger partial charge in [0.15, 0.2) is 5.54 Å². The van der Waals surface area contributed by atoms with Gasteiger partial charge in [0.2, 0.25) is 5.91 Å². The molecular weight excluding hydrogens is 298 g/mol. The summed E-state index contributed by atoms with van der Waals surface area (Å²) in [6, 6.07) is 1.87. The Hall–Kier alpha value is -1.73. The minimum absolute atomic E-state index is 0.0296. The number of hydrogen-bond acceptors (Lipinski definition) is 5. The third-order valence-electron chi connectivity index (χ3n) is 4.35. The molecule has 0 bridgehead atoms. The molecule has 6 nitrogen and oxygen atoms in total. The fraction of sp³-hybridized carbons (Fsp3) is 0.533. The van der Waals surface area contributed by atoms with Crippen molar-refractivity contribution in [3.8, 4) is 0 Å². The Morgan fingerprint density at radius 2 is 2.41 bits per heavy atom. The zero-order valence-corrected chi connectivity index (χ0v) is 13.8. The Morgan fingerprint density at radius 1 is 1.55 bits per heavy atom. The van der Waals surface area contributed by atoms with Crippen LogP contribution in [-0.4, -0.2) is 45.7 Å². The third-order valence-corrected chi connectivity index (χ3v) is 5.27. The molecule has 0 aromatic carbocycles. The maximum atomic E-state index is 12.6. The van der Waals surface area contributed by atoms with Crippen molar-refractivity contribution in [2.24, 2.45) is 0 Å². The van der Waals surface area contributed by atoms with Crippen molar-refractivity contribution in [2.75, 3.05) is 20.1 Å². The Kier molecular flexibility index (Phi) is 4.26. The van der Waals surface area contributed by atoms with Crippen LogP contribution < -0.4 is 5.32 Å². The number of aryl methyl sites for hydroxylation is 1. The zero-order chi connectivity index (χ0) is 15.6. The minimum atomic E-state index is -0.616. The van der Waals surface area contributed by atoms with Gasteiger partial charge in [0, 0.05) is 37.4 Å². The molecule has 1 aliphatic rings. The van der Waals surface area contributed by atoms with Crippen molar-refractivity contribution in [2.45, 2.75) is 31.8 Å². The second-order valence-electron chi connectivity index (χ2n) is 5.74. The number of hydrogen-bond donors (Lipinski definition) is 1. The van der Waals surface area contributed by atoms with E-state index in [9.17, 15) is 4.79 Å². The summed E-state index contributed by atoms with van der Waals surface area (Å²) in [5.74, 6) is 0.0296. The van der Waals surface area contributed by atoms with E-state index in [2.05, 4.69) is 20.3 Å².